The number of thioether (sulfide) groups is 1. The van der Waals surface area contributed by atoms with Crippen molar-refractivity contribution in [2.45, 2.75) is 49.6 Å². The van der Waals surface area contributed by atoms with Gasteiger partial charge in [0.05, 0.1) is 10.5 Å². The molecule has 0 radical (unpaired) electrons. The average molecular weight is 621 g/mol. The van der Waals surface area contributed by atoms with Crippen LogP contribution in [0.4, 0.5) is 18.9 Å². The molecule has 2 amide bonds. The van der Waals surface area contributed by atoms with Crippen molar-refractivity contribution in [1.29, 1.82) is 0 Å². The molecule has 0 spiro atoms. The minimum absolute atomic E-state index is 0.0107. The van der Waals surface area contributed by atoms with Crippen LogP contribution in [-0.4, -0.2) is 78.7 Å². The van der Waals surface area contributed by atoms with Gasteiger partial charge in [0.1, 0.15) is 6.54 Å². The van der Waals surface area contributed by atoms with Crippen molar-refractivity contribution in [2.75, 3.05) is 50.7 Å². The lowest BCUT2D eigenvalue weighted by molar-refractivity contribution is -0.137. The Hall–Kier alpha value is -2.69. The Morgan fingerprint density at radius 1 is 1.05 bits per heavy atom. The number of benzene rings is 2. The summed E-state index contributed by atoms with van der Waals surface area (Å²) in [6.45, 7) is 5.14. The molecule has 2 aliphatic heterocycles. The van der Waals surface area contributed by atoms with Crippen LogP contribution in [0.15, 0.2) is 53.4 Å². The highest BCUT2D eigenvalue weighted by molar-refractivity contribution is 8.04. The number of piperazine rings is 1. The van der Waals surface area contributed by atoms with Gasteiger partial charge in [0.25, 0.3) is 5.91 Å². The maximum absolute atomic E-state index is 13.5. The standard InChI is InChI=1S/C31H36ClF3N4O2S/c32-24-5-3-6-25(20-24)38-17-15-37(16-18-38)14-4-13-36-29(40)21-39-26-7-1-2-8-27(26)42-28(30(39)41)19-22-9-11-23(12-10-22)31(33,34)35/h3,5-6,9-12,19-20,26-27H,1-2,4,7-8,13-18,21H2,(H,36,40)/b28-19-. The molecule has 1 aliphatic carbocycles. The molecule has 2 aromatic rings. The summed E-state index contributed by atoms with van der Waals surface area (Å²) in [5, 5.41) is 3.91. The van der Waals surface area contributed by atoms with Gasteiger partial charge in [-0.25, -0.2) is 0 Å². The van der Waals surface area contributed by atoms with Crippen molar-refractivity contribution in [3.8, 4) is 0 Å². The van der Waals surface area contributed by atoms with Crippen LogP contribution in [0.5, 0.6) is 0 Å². The molecule has 2 aromatic carbocycles. The average Bonchev–Trinajstić information content (AvgIpc) is 2.97. The van der Waals surface area contributed by atoms with E-state index in [0.29, 0.717) is 17.0 Å². The highest BCUT2D eigenvalue weighted by Gasteiger charge is 2.41. The molecule has 2 unspecified atom stereocenters. The second-order valence-electron chi connectivity index (χ2n) is 11.1. The number of nitrogens with one attached hydrogen (secondary N) is 1. The van der Waals surface area contributed by atoms with Crippen LogP contribution in [0.25, 0.3) is 6.08 Å². The second-order valence-corrected chi connectivity index (χ2v) is 12.8. The molecule has 1 N–H and O–H groups in total. The van der Waals surface area contributed by atoms with Crippen LogP contribution in [0.1, 0.15) is 43.2 Å². The topological polar surface area (TPSA) is 55.9 Å². The van der Waals surface area contributed by atoms with Crippen LogP contribution in [0.2, 0.25) is 5.02 Å². The first kappa shape index (κ1) is 30.8. The molecule has 2 heterocycles. The monoisotopic (exact) mass is 620 g/mol. The number of fused-ring (bicyclic) bond motifs is 1. The molecule has 2 atom stereocenters. The van der Waals surface area contributed by atoms with Gasteiger partial charge in [0.15, 0.2) is 0 Å². The van der Waals surface area contributed by atoms with Gasteiger partial charge in [-0.3, -0.25) is 14.5 Å². The lowest BCUT2D eigenvalue weighted by Gasteiger charge is -2.43. The minimum atomic E-state index is -4.41. The SMILES string of the molecule is O=C(CN1C(=O)/C(=C/c2ccc(C(F)(F)F)cc2)SC2CCCCC21)NCCCN1CCN(c2cccc(Cl)c2)CC1. The van der Waals surface area contributed by atoms with E-state index < -0.39 is 11.7 Å². The molecule has 0 bridgehead atoms. The van der Waals surface area contributed by atoms with Crippen LogP contribution in [-0.2, 0) is 15.8 Å². The van der Waals surface area contributed by atoms with E-state index in [9.17, 15) is 22.8 Å². The van der Waals surface area contributed by atoms with Gasteiger partial charge in [-0.2, -0.15) is 13.2 Å². The van der Waals surface area contributed by atoms with Crippen molar-refractivity contribution >= 4 is 46.9 Å². The number of nitrogens with zero attached hydrogens (tertiary/aromatic N) is 3. The maximum Gasteiger partial charge on any atom is 0.416 e. The van der Waals surface area contributed by atoms with Gasteiger partial charge in [0, 0.05) is 54.7 Å². The molecule has 5 rings (SSSR count). The number of hydrogen-bond acceptors (Lipinski definition) is 5. The summed E-state index contributed by atoms with van der Waals surface area (Å²) in [7, 11) is 0. The molecule has 2 saturated heterocycles. The van der Waals surface area contributed by atoms with Crippen molar-refractivity contribution in [1.82, 2.24) is 15.1 Å². The predicted octanol–water partition coefficient (Wildman–Crippen LogP) is 5.91. The third kappa shape index (κ3) is 7.82. The first-order valence-electron chi connectivity index (χ1n) is 14.5. The van der Waals surface area contributed by atoms with Crippen LogP contribution < -0.4 is 10.2 Å². The zero-order valence-corrected chi connectivity index (χ0v) is 25.0. The number of carbonyl (C=O) groups is 2. The third-order valence-corrected chi connectivity index (χ3v) is 9.82. The minimum Gasteiger partial charge on any atom is -0.369 e. The van der Waals surface area contributed by atoms with Gasteiger partial charge in [0.2, 0.25) is 5.91 Å². The Morgan fingerprint density at radius 3 is 2.50 bits per heavy atom. The molecule has 11 heteroatoms. The molecular weight excluding hydrogens is 585 g/mol. The Balaban J connectivity index is 1.11. The van der Waals surface area contributed by atoms with Gasteiger partial charge in [-0.15, -0.1) is 11.8 Å². The van der Waals surface area contributed by atoms with E-state index in [1.165, 1.54) is 23.9 Å². The van der Waals surface area contributed by atoms with Crippen LogP contribution in [0, 0.1) is 0 Å². The highest BCUT2D eigenvalue weighted by atomic mass is 35.5. The first-order valence-corrected chi connectivity index (χ1v) is 15.8. The quantitative estimate of drug-likeness (QED) is 0.294. The summed E-state index contributed by atoms with van der Waals surface area (Å²) < 4.78 is 38.9. The maximum atomic E-state index is 13.5. The van der Waals surface area contributed by atoms with Gasteiger partial charge < -0.3 is 15.1 Å². The van der Waals surface area contributed by atoms with Crippen LogP contribution >= 0.6 is 23.4 Å². The summed E-state index contributed by atoms with van der Waals surface area (Å²) in [5.74, 6) is -0.407. The van der Waals surface area contributed by atoms with Crippen LogP contribution in [0.3, 0.4) is 0 Å². The van der Waals surface area contributed by atoms with Gasteiger partial charge in [-0.05, 0) is 67.8 Å². The molecular formula is C31H36ClF3N4O2S. The smallest absolute Gasteiger partial charge is 0.369 e. The van der Waals surface area contributed by atoms with Crippen molar-refractivity contribution < 1.29 is 22.8 Å². The van der Waals surface area contributed by atoms with E-state index in [2.05, 4.69) is 21.2 Å². The molecule has 3 fully saturated rings. The Kier molecular flexibility index (Phi) is 10.1. The number of amides is 2. The predicted molar refractivity (Wildman–Crippen MR) is 163 cm³/mol. The third-order valence-electron chi connectivity index (χ3n) is 8.19. The first-order chi connectivity index (χ1) is 20.2. The van der Waals surface area contributed by atoms with E-state index in [4.69, 9.17) is 11.6 Å². The lowest BCUT2D eigenvalue weighted by atomic mass is 9.93. The molecule has 3 aliphatic rings. The molecule has 42 heavy (non-hydrogen) atoms. The van der Waals surface area contributed by atoms with E-state index in [-0.39, 0.29) is 29.7 Å². The normalized spacial score (nSPS) is 22.8. The molecule has 226 valence electrons. The lowest BCUT2D eigenvalue weighted by Crippen LogP contribution is -2.54. The fourth-order valence-corrected chi connectivity index (χ4v) is 7.58. The number of carbonyl (C=O) groups excluding carboxylic acids is 2. The van der Waals surface area contributed by atoms with Gasteiger partial charge in [-0.1, -0.05) is 42.6 Å². The van der Waals surface area contributed by atoms with E-state index in [1.807, 2.05) is 18.2 Å². The fraction of sp³-hybridized carbons (Fsp3) is 0.484. The van der Waals surface area contributed by atoms with E-state index in [1.54, 1.807) is 11.0 Å². The van der Waals surface area contributed by atoms with Gasteiger partial charge >= 0.3 is 6.18 Å². The number of alkyl halides is 3. The Morgan fingerprint density at radius 2 is 1.79 bits per heavy atom. The highest BCUT2D eigenvalue weighted by Crippen LogP contribution is 2.42. The zero-order chi connectivity index (χ0) is 29.7. The van der Waals surface area contributed by atoms with E-state index >= 15 is 0 Å². The van der Waals surface area contributed by atoms with Crippen molar-refractivity contribution in [3.63, 3.8) is 0 Å². The summed E-state index contributed by atoms with van der Waals surface area (Å²) >= 11 is 7.63. The van der Waals surface area contributed by atoms with Crippen molar-refractivity contribution in [3.05, 3.63) is 69.6 Å². The summed E-state index contributed by atoms with van der Waals surface area (Å²) in [6, 6.07) is 12.7. The summed E-state index contributed by atoms with van der Waals surface area (Å²) in [6.07, 6.45) is 1.92. The summed E-state index contributed by atoms with van der Waals surface area (Å²) in [4.78, 5) is 33.3. The van der Waals surface area contributed by atoms with Crippen molar-refractivity contribution in [2.24, 2.45) is 0 Å². The second kappa shape index (κ2) is 13.7. The largest absolute Gasteiger partial charge is 0.416 e. The molecule has 1 saturated carbocycles. The zero-order valence-electron chi connectivity index (χ0n) is 23.4. The number of rotatable bonds is 8. The molecule has 0 aromatic heterocycles. The Bertz CT molecular complexity index is 1280. The number of hydrogen-bond donors (Lipinski definition) is 1. The Labute approximate surface area is 254 Å². The summed E-state index contributed by atoms with van der Waals surface area (Å²) in [5.41, 5.74) is 0.946. The number of anilines is 1. The van der Waals surface area contributed by atoms with E-state index in [0.717, 1.165) is 87.7 Å². The molecule has 6 nitrogen and oxygen atoms in total. The number of halogens is 4. The fourth-order valence-electron chi connectivity index (χ4n) is 5.93.